The zero-order chi connectivity index (χ0) is 19.2. The maximum Gasteiger partial charge on any atom is 0.209 e. The molecule has 2 rings (SSSR count). The van der Waals surface area contributed by atoms with E-state index in [1.165, 1.54) is 12.1 Å². The van der Waals surface area contributed by atoms with E-state index < -0.39 is 0 Å². The Kier molecular flexibility index (Phi) is 9.15. The summed E-state index contributed by atoms with van der Waals surface area (Å²) < 4.78 is 18.4. The molecular formula is C20H24FN5O. The van der Waals surface area contributed by atoms with E-state index in [0.717, 1.165) is 37.8 Å². The first-order chi connectivity index (χ1) is 13.3. The third kappa shape index (κ3) is 8.68. The van der Waals surface area contributed by atoms with Gasteiger partial charge in [-0.15, -0.1) is 0 Å². The van der Waals surface area contributed by atoms with Gasteiger partial charge in [-0.05, 0) is 49.2 Å². The summed E-state index contributed by atoms with van der Waals surface area (Å²) in [6.45, 7) is 1.28. The Morgan fingerprint density at radius 3 is 2.63 bits per heavy atom. The number of ether oxygens (including phenoxy) is 1. The van der Waals surface area contributed by atoms with Crippen LogP contribution in [0.4, 0.5) is 10.1 Å². The number of anilines is 1. The molecule has 0 spiro atoms. The van der Waals surface area contributed by atoms with Crippen molar-refractivity contribution in [1.29, 1.82) is 5.26 Å². The molecule has 0 unspecified atom stereocenters. The molecule has 1 aromatic carbocycles. The molecule has 1 heterocycles. The van der Waals surface area contributed by atoms with Crippen molar-refractivity contribution in [3.05, 3.63) is 54.6 Å². The first-order valence-electron chi connectivity index (χ1n) is 9.03. The van der Waals surface area contributed by atoms with Crippen molar-refractivity contribution in [2.24, 2.45) is 4.99 Å². The molecule has 2 N–H and O–H groups in total. The second kappa shape index (κ2) is 12.3. The highest BCUT2D eigenvalue weighted by Crippen LogP contribution is 2.12. The van der Waals surface area contributed by atoms with Gasteiger partial charge in [0.1, 0.15) is 11.6 Å². The standard InChI is InChI=1S/C20H24FN5O/c21-17-8-10-19(11-9-17)27-14-5-3-1-2-4-13-24-20(25-16-22)26-18-7-6-12-23-15-18/h6-12,15H,1-5,13-14H2,(H2,24,25,26). The van der Waals surface area contributed by atoms with E-state index in [2.05, 4.69) is 20.6 Å². The van der Waals surface area contributed by atoms with Gasteiger partial charge in [-0.1, -0.05) is 19.3 Å². The van der Waals surface area contributed by atoms with Gasteiger partial charge in [0.15, 0.2) is 6.19 Å². The van der Waals surface area contributed by atoms with E-state index in [1.807, 2.05) is 18.3 Å². The number of benzene rings is 1. The molecule has 27 heavy (non-hydrogen) atoms. The maximum absolute atomic E-state index is 12.8. The molecule has 0 bridgehead atoms. The molecule has 6 nitrogen and oxygen atoms in total. The normalized spacial score (nSPS) is 10.9. The van der Waals surface area contributed by atoms with Gasteiger partial charge in [-0.3, -0.25) is 15.3 Å². The molecule has 0 aliphatic rings. The smallest absolute Gasteiger partial charge is 0.209 e. The summed E-state index contributed by atoms with van der Waals surface area (Å²) in [4.78, 5) is 8.39. The molecular weight excluding hydrogens is 345 g/mol. The number of guanidine groups is 1. The Labute approximate surface area is 159 Å². The third-order valence-corrected chi connectivity index (χ3v) is 3.75. The Hall–Kier alpha value is -3.14. The van der Waals surface area contributed by atoms with E-state index in [0.29, 0.717) is 24.9 Å². The van der Waals surface area contributed by atoms with Gasteiger partial charge in [-0.25, -0.2) is 4.39 Å². The Bertz CT molecular complexity index is 728. The Morgan fingerprint density at radius 1 is 1.11 bits per heavy atom. The number of aliphatic imine (C=N–C) groups is 1. The van der Waals surface area contributed by atoms with Gasteiger partial charge in [0.25, 0.3) is 0 Å². The van der Waals surface area contributed by atoms with Crippen LogP contribution in [0.15, 0.2) is 53.8 Å². The van der Waals surface area contributed by atoms with Crippen molar-refractivity contribution >= 4 is 11.6 Å². The van der Waals surface area contributed by atoms with Crippen molar-refractivity contribution in [2.45, 2.75) is 32.1 Å². The lowest BCUT2D eigenvalue weighted by Gasteiger charge is -2.07. The second-order valence-corrected chi connectivity index (χ2v) is 5.90. The molecule has 0 saturated carbocycles. The zero-order valence-corrected chi connectivity index (χ0v) is 15.2. The minimum absolute atomic E-state index is 0.256. The van der Waals surface area contributed by atoms with Crippen molar-refractivity contribution in [1.82, 2.24) is 10.3 Å². The van der Waals surface area contributed by atoms with Gasteiger partial charge in [0.05, 0.1) is 18.5 Å². The van der Waals surface area contributed by atoms with Crippen LogP contribution in [0.1, 0.15) is 32.1 Å². The van der Waals surface area contributed by atoms with Gasteiger partial charge in [0, 0.05) is 12.7 Å². The highest BCUT2D eigenvalue weighted by atomic mass is 19.1. The number of hydrogen-bond donors (Lipinski definition) is 2. The summed E-state index contributed by atoms with van der Waals surface area (Å²) in [7, 11) is 0. The number of unbranched alkanes of at least 4 members (excludes halogenated alkanes) is 4. The number of aromatic nitrogens is 1. The van der Waals surface area contributed by atoms with Crippen LogP contribution in [0.2, 0.25) is 0 Å². The lowest BCUT2D eigenvalue weighted by Crippen LogP contribution is -2.27. The Morgan fingerprint density at radius 2 is 1.89 bits per heavy atom. The van der Waals surface area contributed by atoms with Crippen molar-refractivity contribution in [3.63, 3.8) is 0 Å². The number of hydrogen-bond acceptors (Lipinski definition) is 4. The van der Waals surface area contributed by atoms with Gasteiger partial charge in [-0.2, -0.15) is 5.26 Å². The lowest BCUT2D eigenvalue weighted by molar-refractivity contribution is 0.304. The first kappa shape index (κ1) is 20.2. The summed E-state index contributed by atoms with van der Waals surface area (Å²) in [5.74, 6) is 0.872. The predicted octanol–water partition coefficient (Wildman–Crippen LogP) is 4.09. The summed E-state index contributed by atoms with van der Waals surface area (Å²) in [6, 6.07) is 9.74. The molecule has 1 aromatic heterocycles. The maximum atomic E-state index is 12.8. The average Bonchev–Trinajstić information content (AvgIpc) is 2.69. The fourth-order valence-electron chi connectivity index (χ4n) is 2.39. The molecule has 0 amide bonds. The zero-order valence-electron chi connectivity index (χ0n) is 15.2. The summed E-state index contributed by atoms with van der Waals surface area (Å²) in [5, 5.41) is 14.4. The van der Waals surface area contributed by atoms with Gasteiger partial charge < -0.3 is 10.1 Å². The van der Waals surface area contributed by atoms with Gasteiger partial charge >= 0.3 is 0 Å². The van der Waals surface area contributed by atoms with Crippen LogP contribution in [0.25, 0.3) is 0 Å². The van der Waals surface area contributed by atoms with Crippen LogP contribution in [-0.4, -0.2) is 24.1 Å². The number of rotatable bonds is 10. The number of halogens is 1. The molecule has 0 aliphatic carbocycles. The van der Waals surface area contributed by atoms with E-state index in [1.54, 1.807) is 24.5 Å². The fourth-order valence-corrected chi connectivity index (χ4v) is 2.39. The minimum Gasteiger partial charge on any atom is -0.494 e. The summed E-state index contributed by atoms with van der Waals surface area (Å²) in [5.41, 5.74) is 0.778. The monoisotopic (exact) mass is 369 g/mol. The van der Waals surface area contributed by atoms with Crippen LogP contribution in [0, 0.1) is 17.3 Å². The van der Waals surface area contributed by atoms with Gasteiger partial charge in [0.2, 0.25) is 5.96 Å². The third-order valence-electron chi connectivity index (χ3n) is 3.75. The average molecular weight is 369 g/mol. The number of nitrogens with zero attached hydrogens (tertiary/aromatic N) is 3. The largest absolute Gasteiger partial charge is 0.494 e. The topological polar surface area (TPSA) is 82.3 Å². The quantitative estimate of drug-likeness (QED) is 0.217. The van der Waals surface area contributed by atoms with E-state index in [-0.39, 0.29) is 5.82 Å². The molecule has 0 atom stereocenters. The van der Waals surface area contributed by atoms with Crippen LogP contribution >= 0.6 is 0 Å². The SMILES string of the molecule is N#CNC(=NCCCCCCCOc1ccc(F)cc1)Nc1cccnc1. The van der Waals surface area contributed by atoms with Crippen molar-refractivity contribution in [3.8, 4) is 11.9 Å². The van der Waals surface area contributed by atoms with E-state index in [4.69, 9.17) is 10.00 Å². The molecule has 2 aromatic rings. The van der Waals surface area contributed by atoms with Crippen LogP contribution in [-0.2, 0) is 0 Å². The molecule has 0 aliphatic heterocycles. The lowest BCUT2D eigenvalue weighted by atomic mass is 10.1. The van der Waals surface area contributed by atoms with Crippen LogP contribution in [0.3, 0.4) is 0 Å². The highest BCUT2D eigenvalue weighted by molar-refractivity contribution is 5.94. The summed E-state index contributed by atoms with van der Waals surface area (Å²) in [6.07, 6.45) is 10.4. The number of nitriles is 1. The summed E-state index contributed by atoms with van der Waals surface area (Å²) >= 11 is 0. The highest BCUT2D eigenvalue weighted by Gasteiger charge is 1.99. The molecule has 7 heteroatoms. The van der Waals surface area contributed by atoms with Crippen molar-refractivity contribution in [2.75, 3.05) is 18.5 Å². The fraction of sp³-hybridized carbons (Fsp3) is 0.350. The molecule has 0 saturated heterocycles. The predicted molar refractivity (Wildman–Crippen MR) is 104 cm³/mol. The molecule has 0 fully saturated rings. The van der Waals surface area contributed by atoms with Crippen molar-refractivity contribution < 1.29 is 9.13 Å². The first-order valence-corrected chi connectivity index (χ1v) is 9.03. The second-order valence-electron chi connectivity index (χ2n) is 5.90. The van der Waals surface area contributed by atoms with Crippen LogP contribution in [0.5, 0.6) is 5.75 Å². The molecule has 0 radical (unpaired) electrons. The van der Waals surface area contributed by atoms with E-state index in [9.17, 15) is 4.39 Å². The Balaban J connectivity index is 1.55. The number of pyridine rings is 1. The van der Waals surface area contributed by atoms with E-state index >= 15 is 0 Å². The molecule has 142 valence electrons. The van der Waals surface area contributed by atoms with Crippen LogP contribution < -0.4 is 15.4 Å². The minimum atomic E-state index is -0.256. The number of nitrogens with one attached hydrogen (secondary N) is 2.